The summed E-state index contributed by atoms with van der Waals surface area (Å²) in [6, 6.07) is 42.1. The first kappa shape index (κ1) is 96.4. The molecule has 4 atom stereocenters. The normalized spacial score (nSPS) is 17.6. The van der Waals surface area contributed by atoms with E-state index in [1.165, 1.54) is 179 Å². The molecule has 40 heteroatoms. The third kappa shape index (κ3) is 20.1. The summed E-state index contributed by atoms with van der Waals surface area (Å²) in [7, 11) is 1.30. The number of allylic oxidation sites excluding steroid dienone is 4. The van der Waals surface area contributed by atoms with Crippen LogP contribution in [0.25, 0.3) is 90.4 Å². The quantitative estimate of drug-likeness (QED) is 0.0315. The number of hydrogen-bond donors (Lipinski definition) is 6. The molecule has 10 aliphatic rings. The van der Waals surface area contributed by atoms with E-state index in [0.717, 1.165) is 154 Å². The molecule has 145 heavy (non-hydrogen) atoms. The van der Waals surface area contributed by atoms with Crippen molar-refractivity contribution in [2.75, 3.05) is 81.0 Å². The van der Waals surface area contributed by atoms with Gasteiger partial charge in [0.2, 0.25) is 23.8 Å². The second kappa shape index (κ2) is 42.2. The molecule has 0 bridgehead atoms. The van der Waals surface area contributed by atoms with Crippen molar-refractivity contribution in [1.82, 2.24) is 108 Å². The Morgan fingerprint density at radius 3 is 1.05 bits per heavy atom. The van der Waals surface area contributed by atoms with Crippen molar-refractivity contribution in [2.45, 2.75) is 127 Å². The molecule has 0 saturated carbocycles. The number of aromatic carboxylic acids is 1. The van der Waals surface area contributed by atoms with E-state index in [0.29, 0.717) is 101 Å². The molecular formula is C105H94F4LiN27O8. The SMILES string of the molecule is C1COCCN1.COC(=O)c1cnn2c(N[C@@H]3CCC4=C(C3)c3ccccc3C4)nc(-c3cncc(F)c3)nc12.N#Cc1cnn2c(N[C@@H]3CCC4=C(C3)c3ccccc3C4)nc(-c3cncc(F)c3)nc12.O=C(O)c1cnn2c(N[C@@H]3CCC4=C(C3)c3ccccc3C4)nc(-c3cncc(F)c3)nc12.O=C(c1cnn2c(N[C@@H]3CCC4=C(C3)c3ccccc3C4)nc(-c3cncc(F)c3)nc12)N1CCOCC1.[Li+].[OH-]. The number of nitrogens with zero attached hydrogens (tertiary/aromatic N) is 22. The molecule has 26 rings (SSSR count). The number of anilines is 4. The van der Waals surface area contributed by atoms with Crippen LogP contribution in [0, 0.1) is 34.6 Å². The number of hydrogen-bond acceptors (Lipinski definition) is 29. The third-order valence-electron chi connectivity index (χ3n) is 27.5. The van der Waals surface area contributed by atoms with Gasteiger partial charge in [-0.25, -0.2) is 47.1 Å². The predicted molar refractivity (Wildman–Crippen MR) is 525 cm³/mol. The van der Waals surface area contributed by atoms with E-state index in [4.69, 9.17) is 19.2 Å². The first-order chi connectivity index (χ1) is 70.0. The number of morpholine rings is 2. The number of ether oxygens (including phenoxy) is 3. The fourth-order valence-electron chi connectivity index (χ4n) is 20.6. The van der Waals surface area contributed by atoms with Gasteiger partial charge in [-0.05, 0) is 194 Å². The Balaban J connectivity index is 0.000000115. The van der Waals surface area contributed by atoms with Crippen LogP contribution < -0.4 is 45.4 Å². The molecule has 7 N–H and O–H groups in total. The summed E-state index contributed by atoms with van der Waals surface area (Å²) in [6.45, 7) is 5.84. The summed E-state index contributed by atoms with van der Waals surface area (Å²) < 4.78 is 76.8. The smallest absolute Gasteiger partial charge is 0.870 e. The van der Waals surface area contributed by atoms with Crippen LogP contribution in [0.1, 0.15) is 158 Å². The van der Waals surface area contributed by atoms with E-state index in [2.05, 4.69) is 205 Å². The number of rotatable bonds is 15. The number of carboxylic acids is 1. The molecule has 16 aromatic rings. The van der Waals surface area contributed by atoms with Gasteiger partial charge in [0.1, 0.15) is 51.6 Å². The first-order valence-electron chi connectivity index (χ1n) is 47.6. The Hall–Kier alpha value is -16.1. The molecule has 12 aromatic heterocycles. The average Bonchev–Trinajstić information content (AvgIpc) is 1.64. The van der Waals surface area contributed by atoms with Crippen LogP contribution in [0.4, 0.5) is 41.4 Å². The maximum Gasteiger partial charge on any atom is 1.00 e. The van der Waals surface area contributed by atoms with Gasteiger partial charge in [0.05, 0.1) is 83.1 Å². The van der Waals surface area contributed by atoms with Crippen molar-refractivity contribution in [3.05, 3.63) is 308 Å². The molecule has 2 saturated heterocycles. The average molecular weight is 1950 g/mol. The zero-order chi connectivity index (χ0) is 97.3. The van der Waals surface area contributed by atoms with Crippen LogP contribution in [-0.2, 0) is 39.9 Å². The summed E-state index contributed by atoms with van der Waals surface area (Å²) in [6.07, 6.45) is 31.5. The van der Waals surface area contributed by atoms with Crippen molar-refractivity contribution < 1.29 is 75.6 Å². The van der Waals surface area contributed by atoms with E-state index in [9.17, 15) is 42.3 Å². The van der Waals surface area contributed by atoms with Crippen molar-refractivity contribution in [2.24, 2.45) is 0 Å². The zero-order valence-corrected chi connectivity index (χ0v) is 78.9. The van der Waals surface area contributed by atoms with Crippen molar-refractivity contribution >= 4 is 86.5 Å². The Kier molecular flexibility index (Phi) is 28.1. The molecule has 14 heterocycles. The molecular weight excluding hydrogens is 1850 g/mol. The number of amides is 1. The molecule has 0 spiro atoms. The van der Waals surface area contributed by atoms with Crippen LogP contribution in [-0.4, -0.2) is 215 Å². The van der Waals surface area contributed by atoms with Crippen molar-refractivity contribution in [3.63, 3.8) is 0 Å². The molecule has 0 unspecified atom stereocenters. The van der Waals surface area contributed by atoms with E-state index < -0.39 is 35.2 Å². The number of methoxy groups -OCH3 is 1. The molecule has 0 radical (unpaired) electrons. The summed E-state index contributed by atoms with van der Waals surface area (Å²) in [5.74, 6) is -1.08. The van der Waals surface area contributed by atoms with Crippen LogP contribution in [0.2, 0.25) is 0 Å². The standard InChI is InChI=1S/C28H26FN7O2.C25H21FN6O2.C24H18FN7.C24H19FN6O2.C4H9NO.Li.H2O/c29-20-12-19(14-30-15-20)25-33-26-24(27(37)35-7-9-38-10-8-35)16-31-36(26)28(34-25)32-21-6-5-18-11-17-3-1-2-4-22(17)23(18)13-21;1-34-24(33)21-13-28-32-23(21)30-22(16-9-17(26)12-27-11-16)31-25(32)29-18-7-6-15-8-14-4-2-3-5-19(14)20(15)10-18;25-18-8-16(11-27-13-18)22-30-23-17(10-26)12-28-32(23)24(31-22)29-19-6-5-15-7-14-3-1-2-4-20(14)21(15)9-19;25-16-8-15(10-26-11-16)21-29-22-20(23(32)33)12-27-31(22)24(30-21)28-17-6-5-14-7-13-3-1-2-4-18(13)19(14)9-17;1-3-6-4-2-5-1;;/h1-4,12,14-16,21H,5-11,13H2,(H,32,33,34);2-5,9,11-13,18H,6-8,10H2,1H3,(H,29,30,31);1-4,8,11-13,19H,5-7,9H2,(H,29,30,31);1-4,8,10-12,17H,5-7,9H2,(H,32,33)(H,28,29,30);5H,1-4H2;;1H2/q;;;;;+1;/p-1/t21-;18-;19-;17-;;;/m1111.../s1. The van der Waals surface area contributed by atoms with Gasteiger partial charge in [-0.2, -0.15) is 63.7 Å². The van der Waals surface area contributed by atoms with E-state index >= 15 is 0 Å². The molecule has 2 aliphatic heterocycles. The Morgan fingerprint density at radius 1 is 0.414 bits per heavy atom. The summed E-state index contributed by atoms with van der Waals surface area (Å²) >= 11 is 0. The van der Waals surface area contributed by atoms with Crippen molar-refractivity contribution in [3.8, 4) is 51.6 Å². The molecule has 35 nitrogen and oxygen atoms in total. The van der Waals surface area contributed by atoms with E-state index in [-0.39, 0.29) is 94.3 Å². The summed E-state index contributed by atoms with van der Waals surface area (Å²) in [4.78, 5) is 91.3. The number of halogens is 4. The second-order valence-electron chi connectivity index (χ2n) is 36.4. The Morgan fingerprint density at radius 2 is 0.724 bits per heavy atom. The predicted octanol–water partition coefficient (Wildman–Crippen LogP) is 12.5. The second-order valence-corrected chi connectivity index (χ2v) is 36.4. The number of nitrogens with one attached hydrogen (secondary N) is 5. The number of carbonyl (C=O) groups excluding carboxylic acids is 2. The Labute approximate surface area is 838 Å². The van der Waals surface area contributed by atoms with Gasteiger partial charge in [-0.1, -0.05) is 119 Å². The van der Waals surface area contributed by atoms with Gasteiger partial charge in [0.25, 0.3) is 5.91 Å². The maximum absolute atomic E-state index is 14.0. The topological polar surface area (TPSA) is 440 Å². The number of aromatic nitrogens is 20. The minimum absolute atomic E-state index is 0. The zero-order valence-electron chi connectivity index (χ0n) is 78.9. The number of pyridine rings is 4. The van der Waals surface area contributed by atoms with Gasteiger partial charge in [-0.15, -0.1) is 0 Å². The van der Waals surface area contributed by atoms with Crippen LogP contribution >= 0.6 is 0 Å². The minimum atomic E-state index is -1.15. The van der Waals surface area contributed by atoms with Gasteiger partial charge in [-0.3, -0.25) is 24.7 Å². The van der Waals surface area contributed by atoms with Crippen LogP contribution in [0.5, 0.6) is 0 Å². The molecule has 2 fully saturated rings. The number of fused-ring (bicyclic) bond motifs is 12. The number of nitriles is 1. The fourth-order valence-corrected chi connectivity index (χ4v) is 20.6. The fraction of sp³-hybridized carbons (Fsp3) is 0.276. The summed E-state index contributed by atoms with van der Waals surface area (Å²) in [5.41, 5.74) is 26.2. The van der Waals surface area contributed by atoms with Crippen LogP contribution in [0.15, 0.2) is 218 Å². The number of carbonyl (C=O) groups is 3. The van der Waals surface area contributed by atoms with Crippen LogP contribution in [0.3, 0.4) is 0 Å². The maximum atomic E-state index is 14.0. The minimum Gasteiger partial charge on any atom is -0.870 e. The molecule has 4 aromatic carbocycles. The van der Waals surface area contributed by atoms with E-state index in [1.807, 2.05) is 0 Å². The molecule has 8 aliphatic carbocycles. The Bertz CT molecular complexity index is 7910. The van der Waals surface area contributed by atoms with Gasteiger partial charge in [0.15, 0.2) is 45.9 Å². The van der Waals surface area contributed by atoms with Gasteiger partial charge >= 0.3 is 30.8 Å². The first-order valence-corrected chi connectivity index (χ1v) is 47.6. The largest absolute Gasteiger partial charge is 1.00 e. The van der Waals surface area contributed by atoms with Gasteiger partial charge in [0, 0.05) is 97.4 Å². The van der Waals surface area contributed by atoms with E-state index in [1.54, 1.807) is 13.9 Å². The monoisotopic (exact) mass is 1940 g/mol. The molecule has 1 amide bonds. The summed E-state index contributed by atoms with van der Waals surface area (Å²) in [5, 5.41) is 53.6. The number of benzene rings is 4. The molecule has 726 valence electrons. The number of esters is 1. The van der Waals surface area contributed by atoms with Crippen molar-refractivity contribution in [1.29, 1.82) is 5.26 Å². The van der Waals surface area contributed by atoms with Gasteiger partial charge < -0.3 is 56.3 Å². The number of carboxylic acid groups (broad SMARTS) is 1. The third-order valence-corrected chi connectivity index (χ3v) is 27.5.